The Bertz CT molecular complexity index is 769. The smallest absolute Gasteiger partial charge is 0.245 e. The quantitative estimate of drug-likeness (QED) is 0.900. The number of hydrogen-bond acceptors (Lipinski definition) is 4. The van der Waals surface area contributed by atoms with Crippen molar-refractivity contribution in [2.24, 2.45) is 7.05 Å². The predicted molar refractivity (Wildman–Crippen MR) is 80.5 cm³/mol. The van der Waals surface area contributed by atoms with Crippen LogP contribution in [0.5, 0.6) is 0 Å². The number of sulfonamides is 1. The fourth-order valence-corrected chi connectivity index (χ4v) is 3.58. The maximum atomic E-state index is 13.7. The van der Waals surface area contributed by atoms with E-state index in [9.17, 15) is 12.8 Å². The third-order valence-electron chi connectivity index (χ3n) is 3.12. The summed E-state index contributed by atoms with van der Waals surface area (Å²) in [5, 5.41) is 7.77. The summed E-state index contributed by atoms with van der Waals surface area (Å²) in [6.45, 7) is 3.80. The standard InChI is InChI=1S/C13H16ClFN4O2S/c1-8(2)13-18-17-11(19(13)3)7-16-22(20,21)12-9(14)5-4-6-10(12)15/h4-6,8,16H,7H2,1-3H3. The molecule has 9 heteroatoms. The third-order valence-corrected chi connectivity index (χ3v) is 5.03. The molecule has 0 aliphatic rings. The lowest BCUT2D eigenvalue weighted by Gasteiger charge is -2.10. The van der Waals surface area contributed by atoms with Gasteiger partial charge in [0.2, 0.25) is 10.0 Å². The Morgan fingerprint density at radius 2 is 2.05 bits per heavy atom. The van der Waals surface area contributed by atoms with Crippen LogP contribution in [0, 0.1) is 5.82 Å². The zero-order chi connectivity index (χ0) is 16.5. The van der Waals surface area contributed by atoms with Gasteiger partial charge in [0, 0.05) is 13.0 Å². The molecule has 1 aromatic heterocycles. The minimum Gasteiger partial charge on any atom is -0.317 e. The number of hydrogen-bond donors (Lipinski definition) is 1. The Labute approximate surface area is 133 Å². The van der Waals surface area contributed by atoms with Crippen LogP contribution in [-0.4, -0.2) is 23.2 Å². The molecule has 1 N–H and O–H groups in total. The van der Waals surface area contributed by atoms with Crippen LogP contribution in [0.25, 0.3) is 0 Å². The molecule has 0 fully saturated rings. The minimum absolute atomic E-state index is 0.108. The molecular weight excluding hydrogens is 331 g/mol. The Hall–Kier alpha value is -1.51. The summed E-state index contributed by atoms with van der Waals surface area (Å²) >= 11 is 5.78. The summed E-state index contributed by atoms with van der Waals surface area (Å²) in [5.74, 6) is 0.419. The number of nitrogens with one attached hydrogen (secondary N) is 1. The first kappa shape index (κ1) is 16.9. The van der Waals surface area contributed by atoms with Crippen LogP contribution in [0.2, 0.25) is 5.02 Å². The van der Waals surface area contributed by atoms with E-state index < -0.39 is 20.7 Å². The monoisotopic (exact) mass is 346 g/mol. The van der Waals surface area contributed by atoms with Crippen molar-refractivity contribution in [3.8, 4) is 0 Å². The highest BCUT2D eigenvalue weighted by Gasteiger charge is 2.23. The first-order valence-electron chi connectivity index (χ1n) is 6.56. The summed E-state index contributed by atoms with van der Waals surface area (Å²) in [5.41, 5.74) is 0. The lowest BCUT2D eigenvalue weighted by atomic mass is 10.2. The number of nitrogens with zero attached hydrogens (tertiary/aromatic N) is 3. The molecule has 0 atom stereocenters. The van der Waals surface area contributed by atoms with Crippen molar-refractivity contribution in [3.63, 3.8) is 0 Å². The summed E-state index contributed by atoms with van der Waals surface area (Å²) in [4.78, 5) is -0.567. The molecule has 1 aromatic carbocycles. The number of benzene rings is 1. The largest absolute Gasteiger partial charge is 0.317 e. The van der Waals surface area contributed by atoms with Crippen molar-refractivity contribution in [3.05, 3.63) is 40.7 Å². The highest BCUT2D eigenvalue weighted by atomic mass is 35.5. The summed E-state index contributed by atoms with van der Waals surface area (Å²) in [6, 6.07) is 3.70. The van der Waals surface area contributed by atoms with Crippen molar-refractivity contribution < 1.29 is 12.8 Å². The Morgan fingerprint density at radius 3 is 2.59 bits per heavy atom. The Kier molecular flexibility index (Phi) is 4.84. The van der Waals surface area contributed by atoms with E-state index in [1.165, 1.54) is 12.1 Å². The molecule has 22 heavy (non-hydrogen) atoms. The maximum Gasteiger partial charge on any atom is 0.245 e. The lowest BCUT2D eigenvalue weighted by Crippen LogP contribution is -2.26. The van der Waals surface area contributed by atoms with Crippen LogP contribution in [-0.2, 0) is 23.6 Å². The molecule has 0 amide bonds. The molecule has 6 nitrogen and oxygen atoms in total. The zero-order valence-corrected chi connectivity index (χ0v) is 13.9. The van der Waals surface area contributed by atoms with Crippen LogP contribution >= 0.6 is 11.6 Å². The van der Waals surface area contributed by atoms with E-state index in [4.69, 9.17) is 11.6 Å². The first-order chi connectivity index (χ1) is 10.2. The van der Waals surface area contributed by atoms with Crippen molar-refractivity contribution in [2.75, 3.05) is 0 Å². The van der Waals surface area contributed by atoms with Gasteiger partial charge in [0.05, 0.1) is 11.6 Å². The lowest BCUT2D eigenvalue weighted by molar-refractivity contribution is 0.554. The molecule has 1 heterocycles. The van der Waals surface area contributed by atoms with E-state index in [0.717, 1.165) is 11.9 Å². The molecule has 0 spiro atoms. The Morgan fingerprint density at radius 1 is 1.36 bits per heavy atom. The van der Waals surface area contributed by atoms with Crippen molar-refractivity contribution in [2.45, 2.75) is 31.2 Å². The van der Waals surface area contributed by atoms with Crippen LogP contribution < -0.4 is 4.72 Å². The van der Waals surface area contributed by atoms with Gasteiger partial charge in [0.1, 0.15) is 22.4 Å². The fourth-order valence-electron chi connectivity index (χ4n) is 2.00. The molecule has 0 unspecified atom stereocenters. The van der Waals surface area contributed by atoms with E-state index in [-0.39, 0.29) is 17.5 Å². The van der Waals surface area contributed by atoms with Gasteiger partial charge in [-0.3, -0.25) is 0 Å². The number of aromatic nitrogens is 3. The van der Waals surface area contributed by atoms with Crippen molar-refractivity contribution in [1.29, 1.82) is 0 Å². The zero-order valence-electron chi connectivity index (χ0n) is 12.3. The topological polar surface area (TPSA) is 76.9 Å². The summed E-state index contributed by atoms with van der Waals surface area (Å²) in [7, 11) is -2.34. The molecule has 0 aliphatic carbocycles. The number of halogens is 2. The SMILES string of the molecule is CC(C)c1nnc(CNS(=O)(=O)c2c(F)cccc2Cl)n1C. The fraction of sp³-hybridized carbons (Fsp3) is 0.385. The second-order valence-electron chi connectivity index (χ2n) is 5.06. The normalized spacial score (nSPS) is 12.1. The van der Waals surface area contributed by atoms with Crippen molar-refractivity contribution in [1.82, 2.24) is 19.5 Å². The first-order valence-corrected chi connectivity index (χ1v) is 8.42. The van der Waals surface area contributed by atoms with Gasteiger partial charge >= 0.3 is 0 Å². The molecular formula is C13H16ClFN4O2S. The van der Waals surface area contributed by atoms with Crippen LogP contribution in [0.4, 0.5) is 4.39 Å². The van der Waals surface area contributed by atoms with Gasteiger partial charge in [0.15, 0.2) is 0 Å². The molecule has 0 bridgehead atoms. The second kappa shape index (κ2) is 6.31. The third kappa shape index (κ3) is 3.29. The maximum absolute atomic E-state index is 13.7. The van der Waals surface area contributed by atoms with Gasteiger partial charge < -0.3 is 4.57 Å². The van der Waals surface area contributed by atoms with Crippen LogP contribution in [0.15, 0.2) is 23.1 Å². The van der Waals surface area contributed by atoms with Gasteiger partial charge in [-0.1, -0.05) is 31.5 Å². The Balaban J connectivity index is 2.24. The van der Waals surface area contributed by atoms with Crippen molar-refractivity contribution >= 4 is 21.6 Å². The molecule has 120 valence electrons. The highest BCUT2D eigenvalue weighted by Crippen LogP contribution is 2.24. The predicted octanol–water partition coefficient (Wildman–Crippen LogP) is 2.21. The summed E-state index contributed by atoms with van der Waals surface area (Å²) < 4.78 is 42.1. The average Bonchev–Trinajstić information content (AvgIpc) is 2.77. The highest BCUT2D eigenvalue weighted by molar-refractivity contribution is 7.89. The van der Waals surface area contributed by atoms with Gasteiger partial charge in [-0.05, 0) is 12.1 Å². The molecule has 2 aromatic rings. The average molecular weight is 347 g/mol. The number of rotatable bonds is 5. The van der Waals surface area contributed by atoms with Gasteiger partial charge in [-0.2, -0.15) is 0 Å². The molecule has 2 rings (SSSR count). The summed E-state index contributed by atoms with van der Waals surface area (Å²) in [6.07, 6.45) is 0. The second-order valence-corrected chi connectivity index (χ2v) is 7.17. The van der Waals surface area contributed by atoms with Crippen LogP contribution in [0.3, 0.4) is 0 Å². The van der Waals surface area contributed by atoms with E-state index in [1.807, 2.05) is 13.8 Å². The van der Waals surface area contributed by atoms with Gasteiger partial charge in [-0.25, -0.2) is 17.5 Å². The van der Waals surface area contributed by atoms with E-state index in [2.05, 4.69) is 14.9 Å². The molecule has 0 saturated heterocycles. The molecule has 0 saturated carbocycles. The molecule has 0 aliphatic heterocycles. The van der Waals surface area contributed by atoms with E-state index >= 15 is 0 Å². The van der Waals surface area contributed by atoms with E-state index in [0.29, 0.717) is 5.82 Å². The van der Waals surface area contributed by atoms with Crippen LogP contribution in [0.1, 0.15) is 31.4 Å². The molecule has 0 radical (unpaired) electrons. The van der Waals surface area contributed by atoms with Gasteiger partial charge in [-0.15, -0.1) is 10.2 Å². The van der Waals surface area contributed by atoms with Gasteiger partial charge in [0.25, 0.3) is 0 Å². The minimum atomic E-state index is -4.09. The van der Waals surface area contributed by atoms with E-state index in [1.54, 1.807) is 11.6 Å².